The van der Waals surface area contributed by atoms with Gasteiger partial charge in [0.1, 0.15) is 0 Å². The molecule has 1 aliphatic carbocycles. The lowest BCUT2D eigenvalue weighted by molar-refractivity contribution is 0.0456. The van der Waals surface area contributed by atoms with Crippen molar-refractivity contribution in [2.75, 3.05) is 6.61 Å². The molecule has 1 fully saturated rings. The van der Waals surface area contributed by atoms with Crippen LogP contribution in [0.1, 0.15) is 70.6 Å². The second-order valence-electron chi connectivity index (χ2n) is 5.29. The van der Waals surface area contributed by atoms with Gasteiger partial charge in [0, 0.05) is 6.61 Å². The Labute approximate surface area is 100 Å². The Kier molecular flexibility index (Phi) is 5.41. The maximum atomic E-state index is 5.92. The van der Waals surface area contributed by atoms with Crippen LogP contribution < -0.4 is 0 Å². The number of hydrogen-bond donors (Lipinski definition) is 0. The minimum Gasteiger partial charge on any atom is -0.374 e. The molecule has 1 nitrogen and oxygen atoms in total. The predicted molar refractivity (Wildman–Crippen MR) is 68.6 cm³/mol. The van der Waals surface area contributed by atoms with Crippen LogP contribution in [-0.4, -0.2) is 12.7 Å². The molecule has 0 aromatic carbocycles. The van der Waals surface area contributed by atoms with Crippen molar-refractivity contribution in [3.8, 4) is 0 Å². The van der Waals surface area contributed by atoms with Gasteiger partial charge in [-0.3, -0.25) is 0 Å². The molecule has 0 amide bonds. The van der Waals surface area contributed by atoms with Crippen LogP contribution in [0.2, 0.25) is 0 Å². The molecule has 0 radical (unpaired) electrons. The highest BCUT2D eigenvalue weighted by Crippen LogP contribution is 2.26. The van der Waals surface area contributed by atoms with Crippen molar-refractivity contribution >= 4 is 0 Å². The Morgan fingerprint density at radius 3 is 2.50 bits per heavy atom. The summed E-state index contributed by atoms with van der Waals surface area (Å²) in [7, 11) is 0. The number of hydrogen-bond acceptors (Lipinski definition) is 1. The molecule has 0 N–H and O–H groups in total. The SMILES string of the molecule is C1=C2CCCOC2CCCCCCCCC1. The molecule has 2 aliphatic rings. The van der Waals surface area contributed by atoms with Crippen molar-refractivity contribution in [1.82, 2.24) is 0 Å². The summed E-state index contributed by atoms with van der Waals surface area (Å²) in [4.78, 5) is 0. The van der Waals surface area contributed by atoms with E-state index in [1.165, 1.54) is 70.6 Å². The van der Waals surface area contributed by atoms with E-state index in [1.54, 1.807) is 5.57 Å². The Hall–Kier alpha value is -0.300. The molecular weight excluding hydrogens is 196 g/mol. The highest BCUT2D eigenvalue weighted by Gasteiger charge is 2.18. The van der Waals surface area contributed by atoms with Gasteiger partial charge in [0.2, 0.25) is 0 Å². The molecule has 1 heteroatoms. The van der Waals surface area contributed by atoms with E-state index >= 15 is 0 Å². The first-order valence-corrected chi connectivity index (χ1v) is 7.27. The van der Waals surface area contributed by atoms with Crippen LogP contribution >= 0.6 is 0 Å². The first-order chi connectivity index (χ1) is 7.97. The first kappa shape index (κ1) is 12.2. The van der Waals surface area contributed by atoms with Crippen LogP contribution in [0.25, 0.3) is 0 Å². The second-order valence-corrected chi connectivity index (χ2v) is 5.29. The topological polar surface area (TPSA) is 9.23 Å². The molecule has 1 saturated heterocycles. The van der Waals surface area contributed by atoms with Crippen molar-refractivity contribution in [2.24, 2.45) is 0 Å². The summed E-state index contributed by atoms with van der Waals surface area (Å²) >= 11 is 0. The van der Waals surface area contributed by atoms with E-state index in [0.29, 0.717) is 6.10 Å². The van der Waals surface area contributed by atoms with Gasteiger partial charge in [0.25, 0.3) is 0 Å². The van der Waals surface area contributed by atoms with Gasteiger partial charge in [0.15, 0.2) is 0 Å². The van der Waals surface area contributed by atoms with Crippen LogP contribution in [0.15, 0.2) is 11.6 Å². The molecule has 0 spiro atoms. The molecule has 16 heavy (non-hydrogen) atoms. The minimum absolute atomic E-state index is 0.480. The maximum Gasteiger partial charge on any atom is 0.0785 e. The summed E-state index contributed by atoms with van der Waals surface area (Å²) in [5.74, 6) is 0. The zero-order chi connectivity index (χ0) is 11.1. The third-order valence-electron chi connectivity index (χ3n) is 3.92. The fraction of sp³-hybridized carbons (Fsp3) is 0.867. The number of allylic oxidation sites excluding steroid dienone is 1. The van der Waals surface area contributed by atoms with Gasteiger partial charge in [-0.25, -0.2) is 0 Å². The summed E-state index contributed by atoms with van der Waals surface area (Å²) in [6, 6.07) is 0. The Morgan fingerprint density at radius 2 is 1.62 bits per heavy atom. The van der Waals surface area contributed by atoms with E-state index in [9.17, 15) is 0 Å². The Balaban J connectivity index is 1.89. The molecule has 1 atom stereocenters. The number of fused-ring (bicyclic) bond motifs is 1. The maximum absolute atomic E-state index is 5.92. The largest absolute Gasteiger partial charge is 0.374 e. The molecule has 92 valence electrons. The van der Waals surface area contributed by atoms with E-state index < -0.39 is 0 Å². The first-order valence-electron chi connectivity index (χ1n) is 7.27. The summed E-state index contributed by atoms with van der Waals surface area (Å²) in [6.07, 6.45) is 18.0. The van der Waals surface area contributed by atoms with Crippen LogP contribution in [0.4, 0.5) is 0 Å². The van der Waals surface area contributed by atoms with Crippen molar-refractivity contribution < 1.29 is 4.74 Å². The highest BCUT2D eigenvalue weighted by molar-refractivity contribution is 5.10. The smallest absolute Gasteiger partial charge is 0.0785 e. The standard InChI is InChI=1S/C15H26O/c1-2-4-6-8-12-15-14(10-7-5-3-1)11-9-13-16-15/h10,15H,1-9,11-13H2. The second kappa shape index (κ2) is 7.11. The zero-order valence-electron chi connectivity index (χ0n) is 10.5. The van der Waals surface area contributed by atoms with Crippen molar-refractivity contribution in [1.29, 1.82) is 0 Å². The Bertz CT molecular complexity index is 219. The monoisotopic (exact) mass is 222 g/mol. The van der Waals surface area contributed by atoms with E-state index in [-0.39, 0.29) is 0 Å². The molecular formula is C15H26O. The molecule has 1 aliphatic heterocycles. The van der Waals surface area contributed by atoms with Gasteiger partial charge >= 0.3 is 0 Å². The van der Waals surface area contributed by atoms with Crippen LogP contribution in [0.3, 0.4) is 0 Å². The van der Waals surface area contributed by atoms with Crippen LogP contribution in [0.5, 0.6) is 0 Å². The molecule has 0 aromatic heterocycles. The molecule has 2 rings (SSSR count). The van der Waals surface area contributed by atoms with Crippen molar-refractivity contribution in [2.45, 2.75) is 76.7 Å². The molecule has 0 saturated carbocycles. The van der Waals surface area contributed by atoms with E-state index in [1.807, 2.05) is 0 Å². The molecule has 0 aromatic rings. The lowest BCUT2D eigenvalue weighted by Crippen LogP contribution is -2.22. The van der Waals surface area contributed by atoms with Gasteiger partial charge in [-0.05, 0) is 37.7 Å². The van der Waals surface area contributed by atoms with Crippen molar-refractivity contribution in [3.05, 3.63) is 11.6 Å². The Morgan fingerprint density at radius 1 is 0.875 bits per heavy atom. The minimum atomic E-state index is 0.480. The van der Waals surface area contributed by atoms with E-state index in [2.05, 4.69) is 6.08 Å². The number of ether oxygens (including phenoxy) is 1. The third-order valence-corrected chi connectivity index (χ3v) is 3.92. The van der Waals surface area contributed by atoms with Gasteiger partial charge in [0.05, 0.1) is 6.10 Å². The van der Waals surface area contributed by atoms with Crippen LogP contribution in [0, 0.1) is 0 Å². The fourth-order valence-electron chi connectivity index (χ4n) is 2.92. The lowest BCUT2D eigenvalue weighted by Gasteiger charge is -2.26. The third kappa shape index (κ3) is 3.93. The molecule has 1 heterocycles. The van der Waals surface area contributed by atoms with Gasteiger partial charge < -0.3 is 4.74 Å². The van der Waals surface area contributed by atoms with Gasteiger partial charge in [-0.15, -0.1) is 0 Å². The van der Waals surface area contributed by atoms with Gasteiger partial charge in [-0.2, -0.15) is 0 Å². The zero-order valence-corrected chi connectivity index (χ0v) is 10.5. The number of rotatable bonds is 0. The summed E-state index contributed by atoms with van der Waals surface area (Å²) in [5.41, 5.74) is 1.62. The normalized spacial score (nSPS) is 29.5. The molecule has 0 bridgehead atoms. The molecule has 1 unspecified atom stereocenters. The average Bonchev–Trinajstić information content (AvgIpc) is 2.30. The quantitative estimate of drug-likeness (QED) is 0.544. The van der Waals surface area contributed by atoms with Gasteiger partial charge in [-0.1, -0.05) is 44.6 Å². The van der Waals surface area contributed by atoms with E-state index in [4.69, 9.17) is 4.74 Å². The average molecular weight is 222 g/mol. The summed E-state index contributed by atoms with van der Waals surface area (Å²) in [5, 5.41) is 0. The predicted octanol–water partition coefficient (Wildman–Crippen LogP) is 4.62. The fourth-order valence-corrected chi connectivity index (χ4v) is 2.92. The van der Waals surface area contributed by atoms with Crippen LogP contribution in [-0.2, 0) is 4.74 Å². The lowest BCUT2D eigenvalue weighted by atomic mass is 9.94. The van der Waals surface area contributed by atoms with E-state index in [0.717, 1.165) is 6.61 Å². The summed E-state index contributed by atoms with van der Waals surface area (Å²) in [6.45, 7) is 0.988. The summed E-state index contributed by atoms with van der Waals surface area (Å²) < 4.78 is 5.92. The van der Waals surface area contributed by atoms with Crippen molar-refractivity contribution in [3.63, 3.8) is 0 Å². The highest BCUT2D eigenvalue weighted by atomic mass is 16.5.